The van der Waals surface area contributed by atoms with Crippen LogP contribution in [0.5, 0.6) is 0 Å². The molecule has 2 N–H and O–H groups in total. The molecule has 0 aromatic heterocycles. The first-order valence-corrected chi connectivity index (χ1v) is 6.55. The average Bonchev–Trinajstić information content (AvgIpc) is 2.83. The fourth-order valence-electron chi connectivity index (χ4n) is 1.77. The van der Waals surface area contributed by atoms with Gasteiger partial charge in [0.15, 0.2) is 5.11 Å². The highest BCUT2D eigenvalue weighted by atomic mass is 35.5. The first-order valence-electron chi connectivity index (χ1n) is 5.76. The van der Waals surface area contributed by atoms with E-state index in [2.05, 4.69) is 10.6 Å². The van der Waals surface area contributed by atoms with Crippen molar-refractivity contribution in [2.24, 2.45) is 0 Å². The second-order valence-corrected chi connectivity index (χ2v) is 4.94. The van der Waals surface area contributed by atoms with E-state index in [1.165, 1.54) is 6.07 Å². The molecule has 1 aliphatic heterocycles. The quantitative estimate of drug-likeness (QED) is 0.838. The Kier molecular flexibility index (Phi) is 4.74. The number of rotatable bonds is 3. The second-order valence-electron chi connectivity index (χ2n) is 4.09. The molecule has 3 nitrogen and oxygen atoms in total. The third-order valence-electron chi connectivity index (χ3n) is 2.69. The van der Waals surface area contributed by atoms with Crippen molar-refractivity contribution in [1.29, 1.82) is 0 Å². The van der Waals surface area contributed by atoms with E-state index in [-0.39, 0.29) is 6.10 Å². The van der Waals surface area contributed by atoms with E-state index in [4.69, 9.17) is 28.6 Å². The molecule has 1 saturated heterocycles. The molecule has 1 heterocycles. The van der Waals surface area contributed by atoms with Crippen molar-refractivity contribution in [1.82, 2.24) is 5.32 Å². The van der Waals surface area contributed by atoms with Crippen molar-refractivity contribution < 1.29 is 9.13 Å². The van der Waals surface area contributed by atoms with Crippen LogP contribution in [-0.4, -0.2) is 24.4 Å². The summed E-state index contributed by atoms with van der Waals surface area (Å²) in [4.78, 5) is 0. The van der Waals surface area contributed by atoms with Crippen molar-refractivity contribution in [3.8, 4) is 0 Å². The van der Waals surface area contributed by atoms with Crippen molar-refractivity contribution in [3.63, 3.8) is 0 Å². The smallest absolute Gasteiger partial charge is 0.170 e. The first kappa shape index (κ1) is 13.5. The number of halogens is 2. The lowest BCUT2D eigenvalue weighted by Crippen LogP contribution is -2.35. The Morgan fingerprint density at radius 2 is 2.39 bits per heavy atom. The van der Waals surface area contributed by atoms with Crippen LogP contribution in [0, 0.1) is 5.82 Å². The lowest BCUT2D eigenvalue weighted by molar-refractivity contribution is 0.114. The van der Waals surface area contributed by atoms with Crippen molar-refractivity contribution >= 4 is 34.6 Å². The highest BCUT2D eigenvalue weighted by Crippen LogP contribution is 2.18. The zero-order chi connectivity index (χ0) is 13.0. The van der Waals surface area contributed by atoms with Gasteiger partial charge in [0.25, 0.3) is 0 Å². The van der Waals surface area contributed by atoms with Crippen LogP contribution < -0.4 is 10.6 Å². The zero-order valence-corrected chi connectivity index (χ0v) is 11.3. The fraction of sp³-hybridized carbons (Fsp3) is 0.417. The Bertz CT molecular complexity index is 438. The lowest BCUT2D eigenvalue weighted by Gasteiger charge is -2.14. The van der Waals surface area contributed by atoms with Gasteiger partial charge in [0.1, 0.15) is 5.82 Å². The van der Waals surface area contributed by atoms with Crippen LogP contribution in [0.4, 0.5) is 10.1 Å². The number of anilines is 1. The molecule has 1 aromatic carbocycles. The molecule has 98 valence electrons. The number of thiocarbonyl (C=S) groups is 1. The Labute approximate surface area is 116 Å². The van der Waals surface area contributed by atoms with Crippen LogP contribution in [0.3, 0.4) is 0 Å². The highest BCUT2D eigenvalue weighted by molar-refractivity contribution is 7.80. The van der Waals surface area contributed by atoms with Gasteiger partial charge >= 0.3 is 0 Å². The van der Waals surface area contributed by atoms with Crippen molar-refractivity contribution in [2.45, 2.75) is 18.9 Å². The number of hydrogen-bond acceptors (Lipinski definition) is 2. The highest BCUT2D eigenvalue weighted by Gasteiger charge is 2.15. The SMILES string of the molecule is Fc1cc(Cl)ccc1NC(=S)NC[C@H]1CCCO1. The largest absolute Gasteiger partial charge is 0.376 e. The van der Waals surface area contributed by atoms with Gasteiger partial charge in [0, 0.05) is 18.2 Å². The summed E-state index contributed by atoms with van der Waals surface area (Å²) in [7, 11) is 0. The van der Waals surface area contributed by atoms with E-state index in [1.54, 1.807) is 12.1 Å². The second kappa shape index (κ2) is 6.31. The minimum Gasteiger partial charge on any atom is -0.376 e. The predicted molar refractivity (Wildman–Crippen MR) is 74.6 cm³/mol. The number of benzene rings is 1. The van der Waals surface area contributed by atoms with Gasteiger partial charge in [0.05, 0.1) is 11.8 Å². The van der Waals surface area contributed by atoms with Gasteiger partial charge < -0.3 is 15.4 Å². The molecule has 1 aliphatic rings. The summed E-state index contributed by atoms with van der Waals surface area (Å²) in [5, 5.41) is 6.54. The maximum absolute atomic E-state index is 13.5. The van der Waals surface area contributed by atoms with Crippen LogP contribution in [-0.2, 0) is 4.74 Å². The summed E-state index contributed by atoms with van der Waals surface area (Å²) >= 11 is 10.8. The molecule has 18 heavy (non-hydrogen) atoms. The predicted octanol–water partition coefficient (Wildman–Crippen LogP) is 2.94. The Morgan fingerprint density at radius 3 is 3.06 bits per heavy atom. The summed E-state index contributed by atoms with van der Waals surface area (Å²) < 4.78 is 18.9. The van der Waals surface area contributed by atoms with E-state index < -0.39 is 5.82 Å². The number of nitrogens with one attached hydrogen (secondary N) is 2. The van der Waals surface area contributed by atoms with Gasteiger partial charge in [0.2, 0.25) is 0 Å². The molecule has 0 amide bonds. The number of ether oxygens (including phenoxy) is 1. The minimum atomic E-state index is -0.427. The van der Waals surface area contributed by atoms with Gasteiger partial charge in [-0.1, -0.05) is 11.6 Å². The third kappa shape index (κ3) is 3.80. The first-order chi connectivity index (χ1) is 8.65. The van der Waals surface area contributed by atoms with E-state index in [9.17, 15) is 4.39 Å². The van der Waals surface area contributed by atoms with Gasteiger partial charge in [-0.3, -0.25) is 0 Å². The van der Waals surface area contributed by atoms with Crippen LogP contribution in [0.25, 0.3) is 0 Å². The topological polar surface area (TPSA) is 33.3 Å². The van der Waals surface area contributed by atoms with E-state index in [0.29, 0.717) is 22.4 Å². The summed E-state index contributed by atoms with van der Waals surface area (Å²) in [5.41, 5.74) is 0.309. The fourth-order valence-corrected chi connectivity index (χ4v) is 2.12. The molecule has 0 unspecified atom stereocenters. The van der Waals surface area contributed by atoms with Crippen molar-refractivity contribution in [3.05, 3.63) is 29.0 Å². The summed E-state index contributed by atoms with van der Waals surface area (Å²) in [6.45, 7) is 1.44. The molecule has 1 fully saturated rings. The van der Waals surface area contributed by atoms with Gasteiger partial charge in [-0.2, -0.15) is 0 Å². The van der Waals surface area contributed by atoms with Gasteiger partial charge in [-0.15, -0.1) is 0 Å². The van der Waals surface area contributed by atoms with Crippen LogP contribution in [0.2, 0.25) is 5.02 Å². The molecular weight excluding hydrogens is 275 g/mol. The molecule has 1 atom stereocenters. The molecule has 0 aliphatic carbocycles. The van der Waals surface area contributed by atoms with Crippen LogP contribution >= 0.6 is 23.8 Å². The van der Waals surface area contributed by atoms with Crippen molar-refractivity contribution in [2.75, 3.05) is 18.5 Å². The van der Waals surface area contributed by atoms with Gasteiger partial charge in [-0.05, 0) is 43.3 Å². The minimum absolute atomic E-state index is 0.194. The maximum atomic E-state index is 13.5. The Morgan fingerprint density at radius 1 is 1.56 bits per heavy atom. The van der Waals surface area contributed by atoms with E-state index in [0.717, 1.165) is 19.4 Å². The lowest BCUT2D eigenvalue weighted by atomic mass is 10.2. The molecule has 0 spiro atoms. The molecule has 0 radical (unpaired) electrons. The molecule has 0 saturated carbocycles. The average molecular weight is 289 g/mol. The molecule has 1 aromatic rings. The zero-order valence-electron chi connectivity index (χ0n) is 9.71. The van der Waals surface area contributed by atoms with E-state index >= 15 is 0 Å². The maximum Gasteiger partial charge on any atom is 0.170 e. The van der Waals surface area contributed by atoms with Gasteiger partial charge in [-0.25, -0.2) is 4.39 Å². The third-order valence-corrected chi connectivity index (χ3v) is 3.18. The molecule has 0 bridgehead atoms. The van der Waals surface area contributed by atoms with Crippen LogP contribution in [0.15, 0.2) is 18.2 Å². The molecule has 6 heteroatoms. The Hall–Kier alpha value is -0.910. The summed E-state index contributed by atoms with van der Waals surface area (Å²) in [6.07, 6.45) is 2.31. The number of hydrogen-bond donors (Lipinski definition) is 2. The van der Waals surface area contributed by atoms with E-state index in [1.807, 2.05) is 0 Å². The normalized spacial score (nSPS) is 18.7. The summed E-state index contributed by atoms with van der Waals surface area (Å²) in [5.74, 6) is -0.427. The standard InChI is InChI=1S/C12H14ClFN2OS/c13-8-3-4-11(10(14)6-8)16-12(18)15-7-9-2-1-5-17-9/h3-4,6,9H,1-2,5,7H2,(H2,15,16,18)/t9-/m1/s1. The molecule has 2 rings (SSSR count). The summed E-state index contributed by atoms with van der Waals surface area (Å²) in [6, 6.07) is 4.40. The Balaban J connectivity index is 1.82. The van der Waals surface area contributed by atoms with Crippen LogP contribution in [0.1, 0.15) is 12.8 Å². The monoisotopic (exact) mass is 288 g/mol. The molecular formula is C12H14ClFN2OS.